The third kappa shape index (κ3) is 2.49. The van der Waals surface area contributed by atoms with Crippen LogP contribution in [0.5, 0.6) is 0 Å². The SMILES string of the molecule is C1=C[C@H]2C[C@H]1C[C@@H]2CN1CCN(C[C@@H]2C[C@H]3C=C[C@H]2C3)CC1. The summed E-state index contributed by atoms with van der Waals surface area (Å²) in [4.78, 5) is 5.52. The Morgan fingerprint density at radius 2 is 1.05 bits per heavy atom. The monoisotopic (exact) mass is 298 g/mol. The molecule has 2 nitrogen and oxygen atoms in total. The average Bonchev–Trinajstić information content (AvgIpc) is 3.29. The summed E-state index contributed by atoms with van der Waals surface area (Å²) < 4.78 is 0. The lowest BCUT2D eigenvalue weighted by Gasteiger charge is -2.38. The van der Waals surface area contributed by atoms with Crippen molar-refractivity contribution in [2.45, 2.75) is 25.7 Å². The van der Waals surface area contributed by atoms with E-state index in [1.54, 1.807) is 0 Å². The van der Waals surface area contributed by atoms with Crippen molar-refractivity contribution in [3.8, 4) is 0 Å². The highest BCUT2D eigenvalue weighted by molar-refractivity contribution is 5.11. The van der Waals surface area contributed by atoms with Gasteiger partial charge in [-0.1, -0.05) is 24.3 Å². The van der Waals surface area contributed by atoms with Gasteiger partial charge in [0.2, 0.25) is 0 Å². The molecule has 6 atom stereocenters. The van der Waals surface area contributed by atoms with Gasteiger partial charge in [0.15, 0.2) is 0 Å². The number of hydrogen-bond acceptors (Lipinski definition) is 2. The van der Waals surface area contributed by atoms with E-state index in [-0.39, 0.29) is 0 Å². The molecule has 0 aromatic carbocycles. The van der Waals surface area contributed by atoms with Crippen molar-refractivity contribution in [1.82, 2.24) is 9.80 Å². The van der Waals surface area contributed by atoms with E-state index in [1.165, 1.54) is 65.0 Å². The average molecular weight is 298 g/mol. The molecule has 1 aliphatic heterocycles. The Morgan fingerprint density at radius 3 is 1.36 bits per heavy atom. The summed E-state index contributed by atoms with van der Waals surface area (Å²) >= 11 is 0. The predicted molar refractivity (Wildman–Crippen MR) is 90.6 cm³/mol. The summed E-state index contributed by atoms with van der Waals surface area (Å²) in [6.07, 6.45) is 15.8. The lowest BCUT2D eigenvalue weighted by atomic mass is 9.92. The normalized spacial score (nSPS) is 47.1. The first-order valence-corrected chi connectivity index (χ1v) is 9.65. The van der Waals surface area contributed by atoms with Gasteiger partial charge in [0.25, 0.3) is 0 Å². The van der Waals surface area contributed by atoms with Gasteiger partial charge in [0, 0.05) is 39.3 Å². The maximum Gasteiger partial charge on any atom is 0.0110 e. The Kier molecular flexibility index (Phi) is 3.44. The molecule has 1 saturated heterocycles. The van der Waals surface area contributed by atoms with E-state index in [9.17, 15) is 0 Å². The van der Waals surface area contributed by atoms with Gasteiger partial charge in [-0.15, -0.1) is 0 Å². The third-order valence-electron chi connectivity index (χ3n) is 7.28. The second-order valence-corrected chi connectivity index (χ2v) is 8.68. The van der Waals surface area contributed by atoms with E-state index in [1.807, 2.05) is 0 Å². The second kappa shape index (κ2) is 5.49. The molecule has 0 aromatic rings. The number of piperazine rings is 1. The smallest absolute Gasteiger partial charge is 0.0110 e. The molecule has 22 heavy (non-hydrogen) atoms. The first-order valence-electron chi connectivity index (χ1n) is 9.65. The quantitative estimate of drug-likeness (QED) is 0.736. The van der Waals surface area contributed by atoms with Crippen molar-refractivity contribution in [2.24, 2.45) is 35.5 Å². The zero-order chi connectivity index (χ0) is 14.5. The van der Waals surface area contributed by atoms with Crippen molar-refractivity contribution >= 4 is 0 Å². The Labute approximate surface area is 135 Å². The van der Waals surface area contributed by atoms with Crippen molar-refractivity contribution in [1.29, 1.82) is 0 Å². The fourth-order valence-electron chi connectivity index (χ4n) is 6.03. The van der Waals surface area contributed by atoms with Crippen molar-refractivity contribution in [2.75, 3.05) is 39.3 Å². The largest absolute Gasteiger partial charge is 0.300 e. The van der Waals surface area contributed by atoms with Gasteiger partial charge in [-0.2, -0.15) is 0 Å². The Morgan fingerprint density at radius 1 is 0.591 bits per heavy atom. The number of rotatable bonds is 4. The van der Waals surface area contributed by atoms with E-state index in [4.69, 9.17) is 0 Å². The van der Waals surface area contributed by atoms with Crippen LogP contribution in [0.3, 0.4) is 0 Å². The minimum Gasteiger partial charge on any atom is -0.300 e. The molecule has 5 aliphatic rings. The first-order chi connectivity index (χ1) is 10.8. The van der Waals surface area contributed by atoms with Crippen molar-refractivity contribution in [3.63, 3.8) is 0 Å². The summed E-state index contributed by atoms with van der Waals surface area (Å²) in [5.41, 5.74) is 0. The molecule has 1 heterocycles. The van der Waals surface area contributed by atoms with Gasteiger partial charge >= 0.3 is 0 Å². The third-order valence-corrected chi connectivity index (χ3v) is 7.28. The van der Waals surface area contributed by atoms with Gasteiger partial charge < -0.3 is 9.80 Å². The highest BCUT2D eigenvalue weighted by atomic mass is 15.3. The van der Waals surface area contributed by atoms with E-state index in [0.29, 0.717) is 0 Å². The minimum absolute atomic E-state index is 0.920. The molecule has 5 rings (SSSR count). The minimum atomic E-state index is 0.920. The van der Waals surface area contributed by atoms with Crippen LogP contribution >= 0.6 is 0 Å². The summed E-state index contributed by atoms with van der Waals surface area (Å²) in [7, 11) is 0. The van der Waals surface area contributed by atoms with Gasteiger partial charge in [-0.05, 0) is 61.2 Å². The fourth-order valence-corrected chi connectivity index (χ4v) is 6.03. The van der Waals surface area contributed by atoms with Crippen LogP contribution in [0.1, 0.15) is 25.7 Å². The molecule has 0 spiro atoms. The molecule has 0 radical (unpaired) electrons. The maximum absolute atomic E-state index is 2.76. The topological polar surface area (TPSA) is 6.48 Å². The van der Waals surface area contributed by atoms with Crippen LogP contribution in [0.2, 0.25) is 0 Å². The second-order valence-electron chi connectivity index (χ2n) is 8.68. The highest BCUT2D eigenvalue weighted by Gasteiger charge is 2.38. The molecule has 4 bridgehead atoms. The Balaban J connectivity index is 1.09. The van der Waals surface area contributed by atoms with Crippen LogP contribution < -0.4 is 0 Å². The van der Waals surface area contributed by atoms with E-state index in [0.717, 1.165) is 35.5 Å². The van der Waals surface area contributed by atoms with Gasteiger partial charge in [0.1, 0.15) is 0 Å². The molecule has 0 N–H and O–H groups in total. The number of fused-ring (bicyclic) bond motifs is 4. The fraction of sp³-hybridized carbons (Fsp3) is 0.800. The number of hydrogen-bond donors (Lipinski definition) is 0. The van der Waals surface area contributed by atoms with Crippen molar-refractivity contribution < 1.29 is 0 Å². The predicted octanol–water partition coefficient (Wildman–Crippen LogP) is 3.03. The van der Waals surface area contributed by atoms with Crippen LogP contribution in [-0.4, -0.2) is 49.1 Å². The van der Waals surface area contributed by atoms with E-state index < -0.39 is 0 Å². The zero-order valence-corrected chi connectivity index (χ0v) is 13.7. The molecule has 2 saturated carbocycles. The van der Waals surface area contributed by atoms with Gasteiger partial charge in [-0.3, -0.25) is 0 Å². The molecule has 3 fully saturated rings. The molecular formula is C20H30N2. The van der Waals surface area contributed by atoms with Crippen LogP contribution in [-0.2, 0) is 0 Å². The molecule has 0 unspecified atom stereocenters. The van der Waals surface area contributed by atoms with E-state index >= 15 is 0 Å². The molecular weight excluding hydrogens is 268 g/mol. The maximum atomic E-state index is 2.76. The van der Waals surface area contributed by atoms with Gasteiger partial charge in [0.05, 0.1) is 0 Å². The Hall–Kier alpha value is -0.600. The molecule has 0 amide bonds. The lowest BCUT2D eigenvalue weighted by molar-refractivity contribution is 0.0976. The summed E-state index contributed by atoms with van der Waals surface area (Å²) in [6, 6.07) is 0. The molecule has 0 aromatic heterocycles. The van der Waals surface area contributed by atoms with Crippen LogP contribution in [0.25, 0.3) is 0 Å². The zero-order valence-electron chi connectivity index (χ0n) is 13.7. The molecule has 120 valence electrons. The van der Waals surface area contributed by atoms with Crippen LogP contribution in [0.4, 0.5) is 0 Å². The Bertz CT molecular complexity index is 430. The first kappa shape index (κ1) is 13.8. The van der Waals surface area contributed by atoms with Crippen molar-refractivity contribution in [3.05, 3.63) is 24.3 Å². The van der Waals surface area contributed by atoms with Crippen LogP contribution in [0.15, 0.2) is 24.3 Å². The molecule has 4 aliphatic carbocycles. The van der Waals surface area contributed by atoms with Gasteiger partial charge in [-0.25, -0.2) is 0 Å². The lowest BCUT2D eigenvalue weighted by Crippen LogP contribution is -2.49. The van der Waals surface area contributed by atoms with Crippen LogP contribution in [0, 0.1) is 35.5 Å². The van der Waals surface area contributed by atoms with E-state index in [2.05, 4.69) is 34.1 Å². The summed E-state index contributed by atoms with van der Waals surface area (Å²) in [6.45, 7) is 8.00. The summed E-state index contributed by atoms with van der Waals surface area (Å²) in [5.74, 6) is 5.64. The highest BCUT2D eigenvalue weighted by Crippen LogP contribution is 2.44. The number of allylic oxidation sites excluding steroid dienone is 4. The molecule has 2 heteroatoms. The standard InChI is InChI=1S/C20H30N2/c1-3-17-9-15(1)11-19(17)13-21-5-7-22(8-6-21)14-20-12-16-2-4-18(20)10-16/h1-4,15-20H,5-14H2/t15-,16-,17-,18-,19-,20+/m0/s1. The number of nitrogens with zero attached hydrogens (tertiary/aromatic N) is 2. The summed E-state index contributed by atoms with van der Waals surface area (Å²) in [5, 5.41) is 0.